The first-order chi connectivity index (χ1) is 14.5. The monoisotopic (exact) mass is 409 g/mol. The van der Waals surface area contributed by atoms with Gasteiger partial charge in [-0.3, -0.25) is 9.59 Å². The molecule has 0 aliphatic rings. The van der Waals surface area contributed by atoms with E-state index in [2.05, 4.69) is 15.8 Å². The summed E-state index contributed by atoms with van der Waals surface area (Å²) in [5, 5.41) is 6.14. The van der Waals surface area contributed by atoms with Crippen molar-refractivity contribution in [1.82, 2.24) is 10.7 Å². The summed E-state index contributed by atoms with van der Waals surface area (Å²) in [5.41, 5.74) is 2.91. The van der Waals surface area contributed by atoms with Crippen molar-refractivity contribution in [1.29, 1.82) is 0 Å². The Kier molecular flexibility index (Phi) is 6.67. The molecule has 30 heavy (non-hydrogen) atoms. The van der Waals surface area contributed by atoms with Crippen LogP contribution in [0.4, 0.5) is 4.39 Å². The fourth-order valence-electron chi connectivity index (χ4n) is 2.32. The van der Waals surface area contributed by atoms with Crippen molar-refractivity contribution >= 4 is 24.0 Å². The van der Waals surface area contributed by atoms with Crippen LogP contribution in [0.1, 0.15) is 26.5 Å². The largest absolute Gasteiger partial charge is 0.457 e. The zero-order chi connectivity index (χ0) is 21.3. The molecule has 0 saturated carbocycles. The van der Waals surface area contributed by atoms with E-state index in [-0.39, 0.29) is 23.6 Å². The molecule has 2 aromatic carbocycles. The lowest BCUT2D eigenvalue weighted by atomic mass is 10.2. The second-order valence-corrected chi connectivity index (χ2v) is 5.93. The smallest absolute Gasteiger partial charge is 0.379 e. The summed E-state index contributed by atoms with van der Waals surface area (Å²) in [6.07, 6.45) is 2.71. The van der Waals surface area contributed by atoms with E-state index >= 15 is 0 Å². The maximum atomic E-state index is 13.1. The van der Waals surface area contributed by atoms with Crippen LogP contribution in [0.25, 0.3) is 0 Å². The Morgan fingerprint density at radius 1 is 1.07 bits per heavy atom. The van der Waals surface area contributed by atoms with Gasteiger partial charge in [0, 0.05) is 5.56 Å². The normalized spacial score (nSPS) is 10.6. The van der Waals surface area contributed by atoms with Gasteiger partial charge in [0.05, 0.1) is 19.0 Å². The van der Waals surface area contributed by atoms with Gasteiger partial charge in [0.2, 0.25) is 5.76 Å². The Labute approximate surface area is 170 Å². The van der Waals surface area contributed by atoms with Gasteiger partial charge in [0.15, 0.2) is 0 Å². The van der Waals surface area contributed by atoms with Crippen molar-refractivity contribution < 1.29 is 27.9 Å². The molecule has 0 saturated heterocycles. The number of esters is 1. The SMILES string of the molecule is O=C(CNC(=O)c1cccc(F)c1)NN=Cc1cccc(OC(=O)c2ccco2)c1. The first kappa shape index (κ1) is 20.5. The van der Waals surface area contributed by atoms with E-state index in [0.29, 0.717) is 5.56 Å². The molecule has 3 rings (SSSR count). The first-order valence-electron chi connectivity index (χ1n) is 8.73. The number of nitrogens with zero attached hydrogens (tertiary/aromatic N) is 1. The number of halogens is 1. The van der Waals surface area contributed by atoms with Crippen LogP contribution in [-0.4, -0.2) is 30.5 Å². The number of furan rings is 1. The Balaban J connectivity index is 1.48. The standard InChI is InChI=1S/C21H16FN3O5/c22-16-6-2-5-15(11-16)20(27)23-13-19(26)25-24-12-14-4-1-7-17(10-14)30-21(28)18-8-3-9-29-18/h1-12H,13H2,(H,23,27)(H,25,26). The summed E-state index contributed by atoms with van der Waals surface area (Å²) in [7, 11) is 0. The lowest BCUT2D eigenvalue weighted by Gasteiger charge is -2.05. The van der Waals surface area contributed by atoms with Crippen LogP contribution in [0.5, 0.6) is 5.75 Å². The van der Waals surface area contributed by atoms with E-state index in [0.717, 1.165) is 6.07 Å². The third-order valence-electron chi connectivity index (χ3n) is 3.69. The van der Waals surface area contributed by atoms with Gasteiger partial charge in [-0.2, -0.15) is 5.10 Å². The number of hydrogen-bond donors (Lipinski definition) is 2. The van der Waals surface area contributed by atoms with Crippen molar-refractivity contribution in [2.75, 3.05) is 6.54 Å². The Hall–Kier alpha value is -4.27. The summed E-state index contributed by atoms with van der Waals surface area (Å²) in [6.45, 7) is -0.340. The van der Waals surface area contributed by atoms with Crippen LogP contribution in [0.15, 0.2) is 76.4 Å². The van der Waals surface area contributed by atoms with E-state index in [4.69, 9.17) is 9.15 Å². The number of rotatable bonds is 7. The maximum absolute atomic E-state index is 13.1. The first-order valence-corrected chi connectivity index (χ1v) is 8.73. The number of hydrogen-bond acceptors (Lipinski definition) is 6. The van der Waals surface area contributed by atoms with E-state index in [9.17, 15) is 18.8 Å². The molecule has 9 heteroatoms. The van der Waals surface area contributed by atoms with Crippen LogP contribution in [-0.2, 0) is 4.79 Å². The molecule has 3 aromatic rings. The molecule has 1 heterocycles. The molecule has 152 valence electrons. The Morgan fingerprint density at radius 2 is 1.90 bits per heavy atom. The molecular formula is C21H16FN3O5. The van der Waals surface area contributed by atoms with Crippen LogP contribution in [0, 0.1) is 5.82 Å². The van der Waals surface area contributed by atoms with E-state index in [1.54, 1.807) is 30.3 Å². The van der Waals surface area contributed by atoms with Crippen molar-refractivity contribution in [3.63, 3.8) is 0 Å². The minimum atomic E-state index is -0.642. The molecular weight excluding hydrogens is 393 g/mol. The van der Waals surface area contributed by atoms with Gasteiger partial charge in [-0.15, -0.1) is 0 Å². The van der Waals surface area contributed by atoms with Gasteiger partial charge in [-0.05, 0) is 48.0 Å². The van der Waals surface area contributed by atoms with Crippen LogP contribution in [0.2, 0.25) is 0 Å². The predicted octanol–water partition coefficient (Wildman–Crippen LogP) is 2.52. The summed E-state index contributed by atoms with van der Waals surface area (Å²) in [4.78, 5) is 35.5. The molecule has 0 atom stereocenters. The zero-order valence-electron chi connectivity index (χ0n) is 15.5. The lowest BCUT2D eigenvalue weighted by molar-refractivity contribution is -0.120. The number of carbonyl (C=O) groups is 3. The average molecular weight is 409 g/mol. The van der Waals surface area contributed by atoms with Crippen molar-refractivity contribution in [3.8, 4) is 5.75 Å². The number of nitrogens with one attached hydrogen (secondary N) is 2. The summed E-state index contributed by atoms with van der Waals surface area (Å²) < 4.78 is 23.3. The summed E-state index contributed by atoms with van der Waals surface area (Å²) in [6, 6.07) is 14.6. The second kappa shape index (κ2) is 9.78. The molecule has 0 unspecified atom stereocenters. The Bertz CT molecular complexity index is 1080. The molecule has 0 aliphatic heterocycles. The van der Waals surface area contributed by atoms with Crippen LogP contribution < -0.4 is 15.5 Å². The summed E-state index contributed by atoms with van der Waals surface area (Å²) >= 11 is 0. The predicted molar refractivity (Wildman–Crippen MR) is 105 cm³/mol. The highest BCUT2D eigenvalue weighted by molar-refractivity contribution is 5.96. The summed E-state index contributed by atoms with van der Waals surface area (Å²) in [5.74, 6) is -2.00. The zero-order valence-corrected chi connectivity index (χ0v) is 15.5. The molecule has 0 bridgehead atoms. The number of benzene rings is 2. The molecule has 8 nitrogen and oxygen atoms in total. The second-order valence-electron chi connectivity index (χ2n) is 5.93. The molecule has 0 radical (unpaired) electrons. The highest BCUT2D eigenvalue weighted by Crippen LogP contribution is 2.14. The van der Waals surface area contributed by atoms with Gasteiger partial charge in [0.1, 0.15) is 11.6 Å². The van der Waals surface area contributed by atoms with Gasteiger partial charge in [-0.25, -0.2) is 14.6 Å². The van der Waals surface area contributed by atoms with Gasteiger partial charge >= 0.3 is 5.97 Å². The van der Waals surface area contributed by atoms with Gasteiger partial charge in [0.25, 0.3) is 11.8 Å². The molecule has 2 amide bonds. The van der Waals surface area contributed by atoms with E-state index in [1.807, 2.05) is 0 Å². The van der Waals surface area contributed by atoms with Gasteiger partial charge in [-0.1, -0.05) is 18.2 Å². The fourth-order valence-corrected chi connectivity index (χ4v) is 2.32. The minimum absolute atomic E-state index is 0.0709. The molecule has 1 aromatic heterocycles. The molecule has 0 fully saturated rings. The van der Waals surface area contributed by atoms with Gasteiger partial charge < -0.3 is 14.5 Å². The fraction of sp³-hybridized carbons (Fsp3) is 0.0476. The lowest BCUT2D eigenvalue weighted by Crippen LogP contribution is -2.34. The molecule has 0 spiro atoms. The number of amides is 2. The third kappa shape index (κ3) is 5.86. The third-order valence-corrected chi connectivity index (χ3v) is 3.69. The van der Waals surface area contributed by atoms with E-state index in [1.165, 1.54) is 36.7 Å². The number of ether oxygens (including phenoxy) is 1. The molecule has 0 aliphatic carbocycles. The quantitative estimate of drug-likeness (QED) is 0.270. The van der Waals surface area contributed by atoms with Crippen molar-refractivity contribution in [3.05, 3.63) is 89.6 Å². The Morgan fingerprint density at radius 3 is 2.67 bits per heavy atom. The topological polar surface area (TPSA) is 110 Å². The number of hydrazone groups is 1. The highest BCUT2D eigenvalue weighted by atomic mass is 19.1. The van der Waals surface area contributed by atoms with Crippen LogP contribution in [0.3, 0.4) is 0 Å². The van der Waals surface area contributed by atoms with Crippen molar-refractivity contribution in [2.45, 2.75) is 0 Å². The van der Waals surface area contributed by atoms with E-state index < -0.39 is 23.6 Å². The van der Waals surface area contributed by atoms with Crippen LogP contribution >= 0.6 is 0 Å². The highest BCUT2D eigenvalue weighted by Gasteiger charge is 2.11. The average Bonchev–Trinajstić information content (AvgIpc) is 3.27. The number of carbonyl (C=O) groups excluding carboxylic acids is 3. The van der Waals surface area contributed by atoms with Crippen molar-refractivity contribution in [2.24, 2.45) is 5.10 Å². The maximum Gasteiger partial charge on any atom is 0.379 e. The molecule has 2 N–H and O–H groups in total. The minimum Gasteiger partial charge on any atom is -0.457 e.